The maximum absolute atomic E-state index is 12.8. The number of unbranched alkanes of at least 4 members (excludes halogenated alkanes) is 2. The highest BCUT2D eigenvalue weighted by molar-refractivity contribution is 5.49. The average molecular weight is 275 g/mol. The largest absolute Gasteiger partial charge is 0.490 e. The average Bonchev–Trinajstić information content (AvgIpc) is 2.30. The van der Waals surface area contributed by atoms with Gasteiger partial charge in [-0.3, -0.25) is 0 Å². The van der Waals surface area contributed by atoms with Gasteiger partial charge < -0.3 is 10.5 Å². The Morgan fingerprint density at radius 3 is 2.53 bits per heavy atom. The lowest BCUT2D eigenvalue weighted by molar-refractivity contribution is -0.139. The van der Waals surface area contributed by atoms with Gasteiger partial charge in [-0.15, -0.1) is 0 Å². The zero-order chi connectivity index (χ0) is 14.5. The number of nitrogen functional groups attached to an aromatic ring is 1. The molecule has 1 unspecified atom stereocenters. The predicted octanol–water partition coefficient (Wildman–Crippen LogP) is 4.64. The predicted molar refractivity (Wildman–Crippen MR) is 70.1 cm³/mol. The minimum absolute atomic E-state index is 0.0818. The summed E-state index contributed by atoms with van der Waals surface area (Å²) in [5.41, 5.74) is 4.67. The molecule has 1 rings (SSSR count). The number of nitrogens with two attached hydrogens (primary N) is 1. The molecular weight excluding hydrogens is 255 g/mol. The van der Waals surface area contributed by atoms with Crippen LogP contribution in [0.3, 0.4) is 0 Å². The molecule has 0 saturated heterocycles. The SMILES string of the molecule is CCCCCC(C)Oc1ccc(N)cc1C(F)(F)F. The number of alkyl halides is 3. The van der Waals surface area contributed by atoms with Gasteiger partial charge in [-0.2, -0.15) is 13.2 Å². The van der Waals surface area contributed by atoms with Crippen LogP contribution in [0.2, 0.25) is 0 Å². The number of rotatable bonds is 6. The number of hydrogen-bond donors (Lipinski definition) is 1. The van der Waals surface area contributed by atoms with E-state index in [4.69, 9.17) is 10.5 Å². The van der Waals surface area contributed by atoms with Gasteiger partial charge in [0.2, 0.25) is 0 Å². The first kappa shape index (κ1) is 15.7. The van der Waals surface area contributed by atoms with Crippen molar-refractivity contribution in [1.82, 2.24) is 0 Å². The van der Waals surface area contributed by atoms with Gasteiger partial charge in [0, 0.05) is 5.69 Å². The van der Waals surface area contributed by atoms with Crippen LogP contribution in [-0.2, 0) is 6.18 Å². The minimum Gasteiger partial charge on any atom is -0.490 e. The van der Waals surface area contributed by atoms with E-state index < -0.39 is 11.7 Å². The Bertz CT molecular complexity index is 404. The Morgan fingerprint density at radius 1 is 1.26 bits per heavy atom. The smallest absolute Gasteiger partial charge is 0.420 e. The highest BCUT2D eigenvalue weighted by Crippen LogP contribution is 2.37. The molecule has 0 fully saturated rings. The molecule has 2 nitrogen and oxygen atoms in total. The van der Waals surface area contributed by atoms with Crippen molar-refractivity contribution in [1.29, 1.82) is 0 Å². The normalized spacial score (nSPS) is 13.3. The first-order chi connectivity index (χ1) is 8.84. The summed E-state index contributed by atoms with van der Waals surface area (Å²) >= 11 is 0. The number of benzene rings is 1. The Labute approximate surface area is 111 Å². The molecule has 0 bridgehead atoms. The number of halogens is 3. The fourth-order valence-electron chi connectivity index (χ4n) is 1.83. The van der Waals surface area contributed by atoms with E-state index in [2.05, 4.69) is 6.92 Å². The van der Waals surface area contributed by atoms with E-state index in [1.54, 1.807) is 6.92 Å². The third kappa shape index (κ3) is 5.01. The van der Waals surface area contributed by atoms with Gasteiger partial charge in [0.05, 0.1) is 11.7 Å². The summed E-state index contributed by atoms with van der Waals surface area (Å²) in [4.78, 5) is 0. The molecule has 5 heteroatoms. The third-order valence-corrected chi connectivity index (χ3v) is 2.85. The second-order valence-corrected chi connectivity index (χ2v) is 4.68. The van der Waals surface area contributed by atoms with Gasteiger partial charge in [0.25, 0.3) is 0 Å². The van der Waals surface area contributed by atoms with Crippen LogP contribution in [0.15, 0.2) is 18.2 Å². The third-order valence-electron chi connectivity index (χ3n) is 2.85. The van der Waals surface area contributed by atoms with Crippen LogP contribution in [0.4, 0.5) is 18.9 Å². The summed E-state index contributed by atoms with van der Waals surface area (Å²) in [5, 5.41) is 0. The highest BCUT2D eigenvalue weighted by Gasteiger charge is 2.34. The number of anilines is 1. The molecule has 1 atom stereocenters. The quantitative estimate of drug-likeness (QED) is 0.606. The molecule has 0 heterocycles. The van der Waals surface area contributed by atoms with Gasteiger partial charge >= 0.3 is 6.18 Å². The fraction of sp³-hybridized carbons (Fsp3) is 0.571. The standard InChI is InChI=1S/C14H20F3NO/c1-3-4-5-6-10(2)19-13-8-7-11(18)9-12(13)14(15,16)17/h7-10H,3-6,18H2,1-2H3. The van der Waals surface area contributed by atoms with Crippen molar-refractivity contribution >= 4 is 5.69 Å². The van der Waals surface area contributed by atoms with Crippen molar-refractivity contribution in [2.45, 2.75) is 51.8 Å². The summed E-state index contributed by atoms with van der Waals surface area (Å²) in [5.74, 6) is -0.148. The van der Waals surface area contributed by atoms with Crippen LogP contribution < -0.4 is 10.5 Å². The molecule has 19 heavy (non-hydrogen) atoms. The molecule has 0 aromatic heterocycles. The first-order valence-electron chi connectivity index (χ1n) is 6.48. The fourth-order valence-corrected chi connectivity index (χ4v) is 1.83. The Kier molecular flexibility index (Phi) is 5.51. The van der Waals surface area contributed by atoms with Crippen molar-refractivity contribution in [3.05, 3.63) is 23.8 Å². The minimum atomic E-state index is -4.45. The number of ether oxygens (including phenoxy) is 1. The van der Waals surface area contributed by atoms with Gasteiger partial charge in [-0.1, -0.05) is 19.8 Å². The Morgan fingerprint density at radius 2 is 1.95 bits per heavy atom. The van der Waals surface area contributed by atoms with Gasteiger partial charge in [0.1, 0.15) is 5.75 Å². The molecule has 0 saturated carbocycles. The molecular formula is C14H20F3NO. The summed E-state index contributed by atoms with van der Waals surface area (Å²) in [6.45, 7) is 3.86. The Hall–Kier alpha value is -1.39. The second-order valence-electron chi connectivity index (χ2n) is 4.68. The zero-order valence-electron chi connectivity index (χ0n) is 11.3. The van der Waals surface area contributed by atoms with E-state index in [9.17, 15) is 13.2 Å². The van der Waals surface area contributed by atoms with Crippen LogP contribution in [0, 0.1) is 0 Å². The van der Waals surface area contributed by atoms with Gasteiger partial charge in [-0.25, -0.2) is 0 Å². The molecule has 0 aliphatic rings. The second kappa shape index (κ2) is 6.68. The van der Waals surface area contributed by atoms with E-state index in [1.807, 2.05) is 0 Å². The Balaban J connectivity index is 2.77. The van der Waals surface area contributed by atoms with Crippen LogP contribution >= 0.6 is 0 Å². The lowest BCUT2D eigenvalue weighted by atomic mass is 10.1. The zero-order valence-corrected chi connectivity index (χ0v) is 11.3. The molecule has 1 aromatic carbocycles. The summed E-state index contributed by atoms with van der Waals surface area (Å²) in [6.07, 6.45) is -0.863. The van der Waals surface area contributed by atoms with Crippen molar-refractivity contribution in [2.75, 3.05) is 5.73 Å². The van der Waals surface area contributed by atoms with Crippen LogP contribution in [-0.4, -0.2) is 6.10 Å². The van der Waals surface area contributed by atoms with Crippen molar-refractivity contribution in [3.8, 4) is 5.75 Å². The van der Waals surface area contributed by atoms with E-state index in [0.29, 0.717) is 0 Å². The van der Waals surface area contributed by atoms with E-state index in [1.165, 1.54) is 12.1 Å². The molecule has 0 aliphatic carbocycles. The van der Waals surface area contributed by atoms with Crippen LogP contribution in [0.25, 0.3) is 0 Å². The molecule has 1 aromatic rings. The van der Waals surface area contributed by atoms with Crippen molar-refractivity contribution in [2.24, 2.45) is 0 Å². The molecule has 0 spiro atoms. The lowest BCUT2D eigenvalue weighted by Crippen LogP contribution is -2.16. The van der Waals surface area contributed by atoms with Gasteiger partial charge in [0.15, 0.2) is 0 Å². The molecule has 2 N–H and O–H groups in total. The van der Waals surface area contributed by atoms with E-state index in [-0.39, 0.29) is 17.5 Å². The monoisotopic (exact) mass is 275 g/mol. The van der Waals surface area contributed by atoms with E-state index in [0.717, 1.165) is 31.7 Å². The molecule has 0 radical (unpaired) electrons. The maximum atomic E-state index is 12.8. The summed E-state index contributed by atoms with van der Waals surface area (Å²) < 4.78 is 43.9. The van der Waals surface area contributed by atoms with Crippen molar-refractivity contribution < 1.29 is 17.9 Å². The topological polar surface area (TPSA) is 35.2 Å². The summed E-state index contributed by atoms with van der Waals surface area (Å²) in [7, 11) is 0. The molecule has 0 aliphatic heterocycles. The molecule has 108 valence electrons. The number of hydrogen-bond acceptors (Lipinski definition) is 2. The van der Waals surface area contributed by atoms with Crippen LogP contribution in [0.5, 0.6) is 5.75 Å². The van der Waals surface area contributed by atoms with E-state index >= 15 is 0 Å². The maximum Gasteiger partial charge on any atom is 0.420 e. The molecule has 0 amide bonds. The lowest BCUT2D eigenvalue weighted by Gasteiger charge is -2.19. The summed E-state index contributed by atoms with van der Waals surface area (Å²) in [6, 6.07) is 3.62. The first-order valence-corrected chi connectivity index (χ1v) is 6.48. The highest BCUT2D eigenvalue weighted by atomic mass is 19.4. The van der Waals surface area contributed by atoms with Gasteiger partial charge in [-0.05, 0) is 38.0 Å². The van der Waals surface area contributed by atoms with Crippen molar-refractivity contribution in [3.63, 3.8) is 0 Å². The van der Waals surface area contributed by atoms with Crippen LogP contribution in [0.1, 0.15) is 45.1 Å².